The summed E-state index contributed by atoms with van der Waals surface area (Å²) in [5, 5.41) is 0. The number of hydrogen-bond donors (Lipinski definition) is 0. The summed E-state index contributed by atoms with van der Waals surface area (Å²) in [7, 11) is 3.19. The highest BCUT2D eigenvalue weighted by molar-refractivity contribution is 5.76. The lowest BCUT2D eigenvalue weighted by Crippen LogP contribution is -2.36. The van der Waals surface area contributed by atoms with Crippen molar-refractivity contribution in [3.63, 3.8) is 0 Å². The predicted molar refractivity (Wildman–Crippen MR) is 97.6 cm³/mol. The SMILES string of the molecule is COC(=O)C1CCCN1Cc1cc(CN2CCCCC2)cc(OC)c1. The van der Waals surface area contributed by atoms with E-state index in [4.69, 9.17) is 9.47 Å². The number of esters is 1. The Morgan fingerprint density at radius 3 is 2.40 bits per heavy atom. The Kier molecular flexibility index (Phi) is 6.32. The summed E-state index contributed by atoms with van der Waals surface area (Å²) in [6, 6.07) is 6.39. The zero-order chi connectivity index (χ0) is 17.6. The fourth-order valence-electron chi connectivity index (χ4n) is 4.06. The molecule has 138 valence electrons. The quantitative estimate of drug-likeness (QED) is 0.741. The molecule has 5 nitrogen and oxygen atoms in total. The Labute approximate surface area is 150 Å². The maximum Gasteiger partial charge on any atom is 0.323 e. The minimum atomic E-state index is -0.117. The van der Waals surface area contributed by atoms with Gasteiger partial charge in [0.25, 0.3) is 0 Å². The van der Waals surface area contributed by atoms with Crippen LogP contribution in [0.4, 0.5) is 0 Å². The van der Waals surface area contributed by atoms with Gasteiger partial charge in [0.15, 0.2) is 0 Å². The number of ether oxygens (including phenoxy) is 2. The predicted octanol–water partition coefficient (Wildman–Crippen LogP) is 2.82. The first-order chi connectivity index (χ1) is 12.2. The van der Waals surface area contributed by atoms with Gasteiger partial charge in [0.05, 0.1) is 14.2 Å². The van der Waals surface area contributed by atoms with Gasteiger partial charge in [0.1, 0.15) is 11.8 Å². The molecule has 1 aromatic carbocycles. The maximum absolute atomic E-state index is 12.0. The molecule has 1 aromatic rings. The number of piperidine rings is 1. The van der Waals surface area contributed by atoms with Gasteiger partial charge in [-0.25, -0.2) is 0 Å². The molecule has 0 radical (unpaired) electrons. The third-order valence-corrected chi connectivity index (χ3v) is 5.34. The molecule has 2 heterocycles. The van der Waals surface area contributed by atoms with E-state index < -0.39 is 0 Å². The first-order valence-electron chi connectivity index (χ1n) is 9.40. The molecule has 1 unspecified atom stereocenters. The number of carbonyl (C=O) groups is 1. The molecule has 0 aliphatic carbocycles. The van der Waals surface area contributed by atoms with E-state index in [1.807, 2.05) is 0 Å². The Morgan fingerprint density at radius 2 is 1.72 bits per heavy atom. The summed E-state index contributed by atoms with van der Waals surface area (Å²) in [5.41, 5.74) is 2.51. The van der Waals surface area contributed by atoms with Gasteiger partial charge in [-0.1, -0.05) is 12.5 Å². The maximum atomic E-state index is 12.0. The van der Waals surface area contributed by atoms with Crippen LogP contribution in [0.5, 0.6) is 5.75 Å². The summed E-state index contributed by atoms with van der Waals surface area (Å²) >= 11 is 0. The fraction of sp³-hybridized carbons (Fsp3) is 0.650. The van der Waals surface area contributed by atoms with Crippen LogP contribution in [0.15, 0.2) is 18.2 Å². The zero-order valence-electron chi connectivity index (χ0n) is 15.5. The number of rotatable bonds is 6. The second-order valence-electron chi connectivity index (χ2n) is 7.18. The molecular weight excluding hydrogens is 316 g/mol. The van der Waals surface area contributed by atoms with E-state index >= 15 is 0 Å². The van der Waals surface area contributed by atoms with Crippen molar-refractivity contribution in [2.24, 2.45) is 0 Å². The number of carbonyl (C=O) groups excluding carboxylic acids is 1. The van der Waals surface area contributed by atoms with Crippen molar-refractivity contribution in [1.82, 2.24) is 9.80 Å². The molecule has 2 saturated heterocycles. The minimum absolute atomic E-state index is 0.109. The number of benzene rings is 1. The summed E-state index contributed by atoms with van der Waals surface area (Å²) in [5.74, 6) is 0.785. The van der Waals surface area contributed by atoms with E-state index in [-0.39, 0.29) is 12.0 Å². The molecule has 0 spiro atoms. The normalized spacial score (nSPS) is 22.1. The molecule has 0 bridgehead atoms. The number of methoxy groups -OCH3 is 2. The van der Waals surface area contributed by atoms with E-state index in [0.717, 1.165) is 38.2 Å². The van der Waals surface area contributed by atoms with Gasteiger partial charge < -0.3 is 9.47 Å². The molecule has 0 amide bonds. The van der Waals surface area contributed by atoms with Crippen molar-refractivity contribution < 1.29 is 14.3 Å². The first-order valence-corrected chi connectivity index (χ1v) is 9.40. The van der Waals surface area contributed by atoms with Crippen LogP contribution >= 0.6 is 0 Å². The van der Waals surface area contributed by atoms with Crippen LogP contribution in [0.2, 0.25) is 0 Å². The monoisotopic (exact) mass is 346 g/mol. The second kappa shape index (κ2) is 8.68. The molecule has 2 aliphatic rings. The van der Waals surface area contributed by atoms with E-state index in [2.05, 4.69) is 28.0 Å². The van der Waals surface area contributed by atoms with Crippen molar-refractivity contribution in [2.45, 2.75) is 51.2 Å². The van der Waals surface area contributed by atoms with E-state index in [1.165, 1.54) is 50.6 Å². The van der Waals surface area contributed by atoms with Crippen molar-refractivity contribution in [1.29, 1.82) is 0 Å². The average Bonchev–Trinajstić information content (AvgIpc) is 3.09. The molecular formula is C20H30N2O3. The van der Waals surface area contributed by atoms with Gasteiger partial charge in [-0.2, -0.15) is 0 Å². The fourth-order valence-corrected chi connectivity index (χ4v) is 4.06. The van der Waals surface area contributed by atoms with E-state index in [9.17, 15) is 4.79 Å². The van der Waals surface area contributed by atoms with Crippen molar-refractivity contribution >= 4 is 5.97 Å². The molecule has 2 fully saturated rings. The van der Waals surface area contributed by atoms with E-state index in [1.54, 1.807) is 7.11 Å². The van der Waals surface area contributed by atoms with Gasteiger partial charge in [-0.05, 0) is 68.6 Å². The Hall–Kier alpha value is -1.59. The van der Waals surface area contributed by atoms with Gasteiger partial charge in [0, 0.05) is 13.1 Å². The third kappa shape index (κ3) is 4.73. The lowest BCUT2D eigenvalue weighted by atomic mass is 10.1. The average molecular weight is 346 g/mol. The Balaban J connectivity index is 1.71. The van der Waals surface area contributed by atoms with Gasteiger partial charge in [-0.15, -0.1) is 0 Å². The van der Waals surface area contributed by atoms with Crippen LogP contribution in [-0.4, -0.2) is 55.7 Å². The molecule has 3 rings (SSSR count). The lowest BCUT2D eigenvalue weighted by molar-refractivity contribution is -0.146. The molecule has 0 aromatic heterocycles. The molecule has 1 atom stereocenters. The molecule has 25 heavy (non-hydrogen) atoms. The van der Waals surface area contributed by atoms with Crippen LogP contribution in [0.1, 0.15) is 43.2 Å². The van der Waals surface area contributed by atoms with Crippen LogP contribution in [-0.2, 0) is 22.6 Å². The smallest absolute Gasteiger partial charge is 0.323 e. The van der Waals surface area contributed by atoms with Crippen LogP contribution in [0, 0.1) is 0 Å². The second-order valence-corrected chi connectivity index (χ2v) is 7.18. The van der Waals surface area contributed by atoms with Crippen LogP contribution in [0.3, 0.4) is 0 Å². The summed E-state index contributed by atoms with van der Waals surface area (Å²) in [6.45, 7) is 5.05. The molecule has 5 heteroatoms. The zero-order valence-corrected chi connectivity index (χ0v) is 15.5. The highest BCUT2D eigenvalue weighted by atomic mass is 16.5. The largest absolute Gasteiger partial charge is 0.497 e. The van der Waals surface area contributed by atoms with Crippen molar-refractivity contribution in [3.8, 4) is 5.75 Å². The van der Waals surface area contributed by atoms with Gasteiger partial charge >= 0.3 is 5.97 Å². The standard InChI is InChI=1S/C20H30N2O3/c1-24-18-12-16(14-21-8-4-3-5-9-21)11-17(13-18)15-22-10-6-7-19(22)20(23)25-2/h11-13,19H,3-10,14-15H2,1-2H3. The summed E-state index contributed by atoms with van der Waals surface area (Å²) in [4.78, 5) is 16.7. The van der Waals surface area contributed by atoms with Gasteiger partial charge in [-0.3, -0.25) is 14.6 Å². The van der Waals surface area contributed by atoms with Gasteiger partial charge in [0.2, 0.25) is 0 Å². The Bertz CT molecular complexity index is 584. The highest BCUT2D eigenvalue weighted by Crippen LogP contribution is 2.25. The number of likely N-dealkylation sites (tertiary alicyclic amines) is 2. The number of nitrogens with zero attached hydrogens (tertiary/aromatic N) is 2. The molecule has 2 aliphatic heterocycles. The minimum Gasteiger partial charge on any atom is -0.497 e. The van der Waals surface area contributed by atoms with Crippen LogP contribution in [0.25, 0.3) is 0 Å². The van der Waals surface area contributed by atoms with Crippen LogP contribution < -0.4 is 4.74 Å². The topological polar surface area (TPSA) is 42.0 Å². The van der Waals surface area contributed by atoms with Crippen molar-refractivity contribution in [2.75, 3.05) is 33.9 Å². The summed E-state index contributed by atoms with van der Waals surface area (Å²) in [6.07, 6.45) is 5.88. The Morgan fingerprint density at radius 1 is 1.00 bits per heavy atom. The highest BCUT2D eigenvalue weighted by Gasteiger charge is 2.31. The molecule has 0 saturated carbocycles. The summed E-state index contributed by atoms with van der Waals surface area (Å²) < 4.78 is 10.5. The lowest BCUT2D eigenvalue weighted by Gasteiger charge is -2.27. The first kappa shape index (κ1) is 18.2. The molecule has 0 N–H and O–H groups in total. The third-order valence-electron chi connectivity index (χ3n) is 5.34. The number of hydrogen-bond acceptors (Lipinski definition) is 5. The van der Waals surface area contributed by atoms with E-state index in [0.29, 0.717) is 0 Å². The van der Waals surface area contributed by atoms with Crippen molar-refractivity contribution in [3.05, 3.63) is 29.3 Å².